The van der Waals surface area contributed by atoms with Crippen molar-refractivity contribution in [1.82, 2.24) is 4.98 Å². The van der Waals surface area contributed by atoms with Crippen molar-refractivity contribution < 1.29 is 17.9 Å². The van der Waals surface area contributed by atoms with Crippen molar-refractivity contribution in [2.75, 3.05) is 30.0 Å². The highest BCUT2D eigenvalue weighted by atomic mass is 32.2. The third-order valence-electron chi connectivity index (χ3n) is 3.44. The van der Waals surface area contributed by atoms with Gasteiger partial charge in [0.2, 0.25) is 10.0 Å². The topological polar surface area (TPSA) is 89.6 Å². The lowest BCUT2D eigenvalue weighted by Crippen LogP contribution is -2.16. The van der Waals surface area contributed by atoms with E-state index >= 15 is 0 Å². The molecule has 2 N–H and O–H groups in total. The van der Waals surface area contributed by atoms with E-state index in [0.717, 1.165) is 11.3 Å². The van der Waals surface area contributed by atoms with Crippen LogP contribution < -0.4 is 19.5 Å². The van der Waals surface area contributed by atoms with Gasteiger partial charge in [-0.3, -0.25) is 4.72 Å². The predicted molar refractivity (Wildman–Crippen MR) is 98.8 cm³/mol. The van der Waals surface area contributed by atoms with E-state index < -0.39 is 10.0 Å². The van der Waals surface area contributed by atoms with Crippen molar-refractivity contribution in [2.45, 2.75) is 19.9 Å². The number of nitrogens with zero attached hydrogens (tertiary/aromatic N) is 1. The van der Waals surface area contributed by atoms with E-state index in [1.807, 2.05) is 25.1 Å². The third-order valence-corrected chi connectivity index (χ3v) is 4.91. The maximum absolute atomic E-state index is 11.7. The molecule has 0 fully saturated rings. The summed E-state index contributed by atoms with van der Waals surface area (Å²) in [5.74, 6) is 1.73. The molecule has 0 bridgehead atoms. The molecule has 1 heterocycles. The van der Waals surface area contributed by atoms with E-state index in [4.69, 9.17) is 9.47 Å². The summed E-state index contributed by atoms with van der Waals surface area (Å²) >= 11 is 0. The monoisotopic (exact) mass is 365 g/mol. The quantitative estimate of drug-likeness (QED) is 0.710. The number of hydrogen-bond acceptors (Lipinski definition) is 6. The van der Waals surface area contributed by atoms with Crippen molar-refractivity contribution >= 4 is 21.5 Å². The summed E-state index contributed by atoms with van der Waals surface area (Å²) in [4.78, 5) is 4.12. The van der Waals surface area contributed by atoms with Crippen LogP contribution in [0.2, 0.25) is 0 Å². The molecule has 0 atom stereocenters. The fourth-order valence-corrected chi connectivity index (χ4v) is 3.31. The highest BCUT2D eigenvalue weighted by Crippen LogP contribution is 2.27. The van der Waals surface area contributed by atoms with E-state index in [1.54, 1.807) is 32.5 Å². The highest BCUT2D eigenvalue weighted by Gasteiger charge is 2.09. The number of sulfonamides is 1. The van der Waals surface area contributed by atoms with Gasteiger partial charge in [-0.1, -0.05) is 13.0 Å². The molecule has 7 nitrogen and oxygen atoms in total. The first-order valence-electron chi connectivity index (χ1n) is 7.88. The Kier molecular flexibility index (Phi) is 6.46. The molecule has 0 spiro atoms. The average molecular weight is 365 g/mol. The summed E-state index contributed by atoms with van der Waals surface area (Å²) in [6.07, 6.45) is 2.14. The number of rotatable bonds is 9. The molecule has 8 heteroatoms. The maximum atomic E-state index is 11.7. The smallest absolute Gasteiger partial charge is 0.233 e. The Balaban J connectivity index is 1.98. The zero-order valence-corrected chi connectivity index (χ0v) is 15.4. The van der Waals surface area contributed by atoms with Crippen LogP contribution in [0.1, 0.15) is 18.9 Å². The van der Waals surface area contributed by atoms with Gasteiger partial charge in [-0.25, -0.2) is 13.4 Å². The van der Waals surface area contributed by atoms with E-state index in [9.17, 15) is 8.42 Å². The average Bonchev–Trinajstić information content (AvgIpc) is 2.60. The zero-order valence-electron chi connectivity index (χ0n) is 14.6. The summed E-state index contributed by atoms with van der Waals surface area (Å²) in [5.41, 5.74) is 1.80. The van der Waals surface area contributed by atoms with Crippen molar-refractivity contribution in [1.29, 1.82) is 0 Å². The van der Waals surface area contributed by atoms with Gasteiger partial charge in [-0.15, -0.1) is 0 Å². The minimum atomic E-state index is -3.33. The van der Waals surface area contributed by atoms with Crippen LogP contribution in [0, 0.1) is 0 Å². The SMILES string of the molecule is CCCS(=O)(=O)Nc1ccc(NCc2ccc(OC)c(OC)c2)cn1. The Morgan fingerprint density at radius 2 is 1.84 bits per heavy atom. The van der Waals surface area contributed by atoms with Crippen LogP contribution >= 0.6 is 0 Å². The van der Waals surface area contributed by atoms with Crippen molar-refractivity contribution in [2.24, 2.45) is 0 Å². The fraction of sp³-hybridized carbons (Fsp3) is 0.353. The molecule has 0 aliphatic rings. The van der Waals surface area contributed by atoms with Gasteiger partial charge in [0.25, 0.3) is 0 Å². The molecule has 0 aliphatic heterocycles. The number of nitrogens with one attached hydrogen (secondary N) is 2. The van der Waals surface area contributed by atoms with E-state index in [2.05, 4.69) is 15.0 Å². The minimum Gasteiger partial charge on any atom is -0.493 e. The molecule has 0 unspecified atom stereocenters. The fourth-order valence-electron chi connectivity index (χ4n) is 2.23. The molecular weight excluding hydrogens is 342 g/mol. The highest BCUT2D eigenvalue weighted by molar-refractivity contribution is 7.92. The number of anilines is 2. The molecule has 0 aliphatic carbocycles. The van der Waals surface area contributed by atoms with Crippen LogP contribution in [-0.4, -0.2) is 33.4 Å². The zero-order chi connectivity index (χ0) is 18.3. The molecule has 1 aromatic heterocycles. The van der Waals surface area contributed by atoms with Gasteiger partial charge in [0.1, 0.15) is 5.82 Å². The Hall–Kier alpha value is -2.48. The van der Waals surface area contributed by atoms with E-state index in [-0.39, 0.29) is 5.75 Å². The minimum absolute atomic E-state index is 0.0774. The van der Waals surface area contributed by atoms with E-state index in [1.165, 1.54) is 0 Å². The van der Waals surface area contributed by atoms with Gasteiger partial charge in [0.15, 0.2) is 11.5 Å². The number of pyridine rings is 1. The molecule has 0 saturated heterocycles. The Labute approximate surface area is 148 Å². The van der Waals surface area contributed by atoms with Crippen LogP contribution in [0.15, 0.2) is 36.5 Å². The third kappa shape index (κ3) is 5.53. The van der Waals surface area contributed by atoms with E-state index in [0.29, 0.717) is 30.3 Å². The number of benzene rings is 1. The van der Waals surface area contributed by atoms with Crippen molar-refractivity contribution in [3.63, 3.8) is 0 Å². The summed E-state index contributed by atoms with van der Waals surface area (Å²) in [7, 11) is -0.136. The van der Waals surface area contributed by atoms with Crippen LogP contribution in [0.4, 0.5) is 11.5 Å². The molecule has 0 saturated carbocycles. The Morgan fingerprint density at radius 3 is 2.44 bits per heavy atom. The van der Waals surface area contributed by atoms with Crippen molar-refractivity contribution in [3.8, 4) is 11.5 Å². The van der Waals surface area contributed by atoms with Gasteiger partial charge < -0.3 is 14.8 Å². The van der Waals surface area contributed by atoms with Crippen LogP contribution in [0.25, 0.3) is 0 Å². The first-order valence-corrected chi connectivity index (χ1v) is 9.54. The molecule has 25 heavy (non-hydrogen) atoms. The maximum Gasteiger partial charge on any atom is 0.233 e. The number of ether oxygens (including phenoxy) is 2. The van der Waals surface area contributed by atoms with Gasteiger partial charge in [-0.05, 0) is 36.2 Å². The second-order valence-corrected chi connectivity index (χ2v) is 7.24. The second-order valence-electron chi connectivity index (χ2n) is 5.40. The van der Waals surface area contributed by atoms with Crippen LogP contribution in [0.5, 0.6) is 11.5 Å². The summed E-state index contributed by atoms with van der Waals surface area (Å²) in [5, 5.41) is 3.23. The van der Waals surface area contributed by atoms with Crippen molar-refractivity contribution in [3.05, 3.63) is 42.1 Å². The summed E-state index contributed by atoms with van der Waals surface area (Å²) < 4.78 is 36.4. The van der Waals surface area contributed by atoms with Gasteiger partial charge >= 0.3 is 0 Å². The molecule has 136 valence electrons. The first kappa shape index (κ1) is 18.9. The Bertz CT molecular complexity index is 792. The van der Waals surface area contributed by atoms with Crippen LogP contribution in [0.3, 0.4) is 0 Å². The summed E-state index contributed by atoms with van der Waals surface area (Å²) in [6.45, 7) is 2.39. The van der Waals surface area contributed by atoms with Gasteiger partial charge in [-0.2, -0.15) is 0 Å². The van der Waals surface area contributed by atoms with Gasteiger partial charge in [0.05, 0.1) is 31.9 Å². The number of hydrogen-bond donors (Lipinski definition) is 2. The second kappa shape index (κ2) is 8.57. The molecule has 0 amide bonds. The number of methoxy groups -OCH3 is 2. The molecule has 2 rings (SSSR count). The van der Waals surface area contributed by atoms with Crippen LogP contribution in [-0.2, 0) is 16.6 Å². The lowest BCUT2D eigenvalue weighted by molar-refractivity contribution is 0.354. The molecular formula is C17H23N3O4S. The molecule has 0 radical (unpaired) electrons. The Morgan fingerprint density at radius 1 is 1.08 bits per heavy atom. The van der Waals surface area contributed by atoms with Gasteiger partial charge in [0, 0.05) is 6.54 Å². The lowest BCUT2D eigenvalue weighted by Gasteiger charge is -2.11. The first-order chi connectivity index (χ1) is 12.0. The lowest BCUT2D eigenvalue weighted by atomic mass is 10.2. The number of aromatic nitrogens is 1. The largest absolute Gasteiger partial charge is 0.493 e. The normalized spacial score (nSPS) is 11.0. The summed E-state index contributed by atoms with van der Waals surface area (Å²) in [6, 6.07) is 9.09. The standard InChI is InChI=1S/C17H23N3O4S/c1-4-9-25(21,22)20-17-8-6-14(12-19-17)18-11-13-5-7-15(23-2)16(10-13)24-3/h5-8,10,12,18H,4,9,11H2,1-3H3,(H,19,20). The molecule has 1 aromatic carbocycles. The molecule has 2 aromatic rings. The predicted octanol–water partition coefficient (Wildman–Crippen LogP) is 2.86.